The van der Waals surface area contributed by atoms with E-state index in [0.717, 1.165) is 10.0 Å². The van der Waals surface area contributed by atoms with E-state index < -0.39 is 0 Å². The summed E-state index contributed by atoms with van der Waals surface area (Å²) < 4.78 is 6.32. The molecule has 0 bridgehead atoms. The maximum absolute atomic E-state index is 12.5. The van der Waals surface area contributed by atoms with Crippen LogP contribution in [0.4, 0.5) is 5.69 Å². The van der Waals surface area contributed by atoms with Crippen molar-refractivity contribution in [3.8, 4) is 5.75 Å². The Morgan fingerprint density at radius 2 is 2.05 bits per heavy atom. The second-order valence-corrected chi connectivity index (χ2v) is 5.84. The summed E-state index contributed by atoms with van der Waals surface area (Å²) in [5.74, 6) is 0.322. The molecule has 0 atom stereocenters. The lowest BCUT2D eigenvalue weighted by Crippen LogP contribution is -2.14. The molecular weight excluding hydrogens is 354 g/mol. The first-order valence-electron chi connectivity index (χ1n) is 6.51. The van der Waals surface area contributed by atoms with Crippen molar-refractivity contribution >= 4 is 39.1 Å². The van der Waals surface area contributed by atoms with Gasteiger partial charge in [0.2, 0.25) is 0 Å². The lowest BCUT2D eigenvalue weighted by molar-refractivity contribution is 0.102. The van der Waals surface area contributed by atoms with Gasteiger partial charge in [-0.05, 0) is 49.7 Å². The molecule has 0 aliphatic rings. The van der Waals surface area contributed by atoms with E-state index in [2.05, 4.69) is 21.2 Å². The summed E-state index contributed by atoms with van der Waals surface area (Å²) in [6.07, 6.45) is 0. The quantitative estimate of drug-likeness (QED) is 0.819. The Kier molecular flexibility index (Phi) is 5.26. The SMILES string of the molecule is CCOc1ccc(Br)cc1C(=O)Nc1cc(Cl)ccc1C. The highest BCUT2D eigenvalue weighted by Crippen LogP contribution is 2.26. The van der Waals surface area contributed by atoms with E-state index in [0.29, 0.717) is 28.6 Å². The smallest absolute Gasteiger partial charge is 0.259 e. The fraction of sp³-hybridized carbons (Fsp3) is 0.188. The summed E-state index contributed by atoms with van der Waals surface area (Å²) in [4.78, 5) is 12.5. The van der Waals surface area contributed by atoms with Crippen LogP contribution in [0.25, 0.3) is 0 Å². The second kappa shape index (κ2) is 6.96. The molecule has 0 saturated carbocycles. The molecule has 1 amide bonds. The molecule has 1 N–H and O–H groups in total. The molecule has 5 heteroatoms. The summed E-state index contributed by atoms with van der Waals surface area (Å²) in [5.41, 5.74) is 2.11. The second-order valence-electron chi connectivity index (χ2n) is 4.49. The molecule has 0 radical (unpaired) electrons. The molecule has 0 aromatic heterocycles. The van der Waals surface area contributed by atoms with Crippen molar-refractivity contribution in [1.29, 1.82) is 0 Å². The number of nitrogens with one attached hydrogen (secondary N) is 1. The maximum atomic E-state index is 12.5. The van der Waals surface area contributed by atoms with Gasteiger partial charge in [0.05, 0.1) is 12.2 Å². The van der Waals surface area contributed by atoms with E-state index in [-0.39, 0.29) is 5.91 Å². The van der Waals surface area contributed by atoms with Gasteiger partial charge in [0, 0.05) is 15.2 Å². The van der Waals surface area contributed by atoms with E-state index in [4.69, 9.17) is 16.3 Å². The summed E-state index contributed by atoms with van der Waals surface area (Å²) in [7, 11) is 0. The van der Waals surface area contributed by atoms with E-state index >= 15 is 0 Å². The number of amides is 1. The number of carbonyl (C=O) groups is 1. The zero-order valence-electron chi connectivity index (χ0n) is 11.7. The van der Waals surface area contributed by atoms with Gasteiger partial charge in [-0.2, -0.15) is 0 Å². The van der Waals surface area contributed by atoms with Crippen LogP contribution in [0.2, 0.25) is 5.02 Å². The van der Waals surface area contributed by atoms with E-state index in [1.807, 2.05) is 26.0 Å². The number of aryl methyl sites for hydroxylation is 1. The summed E-state index contributed by atoms with van der Waals surface area (Å²) >= 11 is 9.34. The molecule has 21 heavy (non-hydrogen) atoms. The number of benzene rings is 2. The van der Waals surface area contributed by atoms with E-state index in [9.17, 15) is 4.79 Å². The Labute approximate surface area is 137 Å². The van der Waals surface area contributed by atoms with Crippen LogP contribution in [0.1, 0.15) is 22.8 Å². The number of halogens is 2. The van der Waals surface area contributed by atoms with Crippen LogP contribution < -0.4 is 10.1 Å². The zero-order valence-corrected chi connectivity index (χ0v) is 14.1. The molecule has 0 heterocycles. The number of anilines is 1. The monoisotopic (exact) mass is 367 g/mol. The molecule has 0 spiro atoms. The van der Waals surface area contributed by atoms with Crippen molar-refractivity contribution < 1.29 is 9.53 Å². The predicted octanol–water partition coefficient (Wildman–Crippen LogP) is 5.06. The van der Waals surface area contributed by atoms with Gasteiger partial charge in [0.15, 0.2) is 0 Å². The van der Waals surface area contributed by atoms with Gasteiger partial charge >= 0.3 is 0 Å². The molecule has 2 aromatic rings. The van der Waals surface area contributed by atoms with Crippen molar-refractivity contribution in [2.24, 2.45) is 0 Å². The normalized spacial score (nSPS) is 10.3. The van der Waals surface area contributed by atoms with Gasteiger partial charge in [-0.25, -0.2) is 0 Å². The van der Waals surface area contributed by atoms with Gasteiger partial charge in [-0.15, -0.1) is 0 Å². The van der Waals surface area contributed by atoms with Crippen molar-refractivity contribution in [1.82, 2.24) is 0 Å². The Balaban J connectivity index is 2.31. The minimum Gasteiger partial charge on any atom is -0.493 e. The van der Waals surface area contributed by atoms with Crippen LogP contribution in [0.3, 0.4) is 0 Å². The van der Waals surface area contributed by atoms with Crippen LogP contribution >= 0.6 is 27.5 Å². The van der Waals surface area contributed by atoms with Crippen molar-refractivity contribution in [2.45, 2.75) is 13.8 Å². The first kappa shape index (κ1) is 15.9. The molecule has 2 rings (SSSR count). The van der Waals surface area contributed by atoms with Crippen LogP contribution in [-0.2, 0) is 0 Å². The van der Waals surface area contributed by atoms with Gasteiger partial charge in [0.1, 0.15) is 5.75 Å². The standard InChI is InChI=1S/C16H15BrClNO2/c1-3-21-15-7-5-11(17)8-13(15)16(20)19-14-9-12(18)6-4-10(14)2/h4-9H,3H2,1-2H3,(H,19,20). The van der Waals surface area contributed by atoms with E-state index in [1.54, 1.807) is 24.3 Å². The largest absolute Gasteiger partial charge is 0.493 e. The topological polar surface area (TPSA) is 38.3 Å². The third-order valence-corrected chi connectivity index (χ3v) is 3.66. The highest BCUT2D eigenvalue weighted by molar-refractivity contribution is 9.10. The molecule has 2 aromatic carbocycles. The minimum atomic E-state index is -0.231. The molecule has 110 valence electrons. The summed E-state index contributed by atoms with van der Waals surface area (Å²) in [6, 6.07) is 10.7. The van der Waals surface area contributed by atoms with E-state index in [1.165, 1.54) is 0 Å². The third-order valence-electron chi connectivity index (χ3n) is 2.93. The summed E-state index contributed by atoms with van der Waals surface area (Å²) in [5, 5.41) is 3.45. The Bertz CT molecular complexity index is 673. The van der Waals surface area contributed by atoms with Crippen molar-refractivity contribution in [3.05, 3.63) is 57.0 Å². The minimum absolute atomic E-state index is 0.231. The molecule has 0 aliphatic carbocycles. The Morgan fingerprint density at radius 1 is 1.29 bits per heavy atom. The zero-order chi connectivity index (χ0) is 15.4. The molecule has 0 aliphatic heterocycles. The first-order valence-corrected chi connectivity index (χ1v) is 7.68. The third kappa shape index (κ3) is 3.99. The molecule has 0 fully saturated rings. The molecule has 0 saturated heterocycles. The first-order chi connectivity index (χ1) is 10.0. The average molecular weight is 369 g/mol. The Hall–Kier alpha value is -1.52. The Morgan fingerprint density at radius 3 is 2.76 bits per heavy atom. The number of carbonyl (C=O) groups excluding carboxylic acids is 1. The number of ether oxygens (including phenoxy) is 1. The molecular formula is C16H15BrClNO2. The van der Waals surface area contributed by atoms with Gasteiger partial charge in [-0.3, -0.25) is 4.79 Å². The number of hydrogen-bond donors (Lipinski definition) is 1. The highest BCUT2D eigenvalue weighted by Gasteiger charge is 2.14. The van der Waals surface area contributed by atoms with Gasteiger partial charge in [0.25, 0.3) is 5.91 Å². The predicted molar refractivity (Wildman–Crippen MR) is 89.5 cm³/mol. The highest BCUT2D eigenvalue weighted by atomic mass is 79.9. The molecule has 0 unspecified atom stereocenters. The average Bonchev–Trinajstić information content (AvgIpc) is 2.45. The van der Waals surface area contributed by atoms with Crippen molar-refractivity contribution in [3.63, 3.8) is 0 Å². The van der Waals surface area contributed by atoms with Crippen LogP contribution in [0, 0.1) is 6.92 Å². The number of rotatable bonds is 4. The van der Waals surface area contributed by atoms with Crippen LogP contribution in [-0.4, -0.2) is 12.5 Å². The van der Waals surface area contributed by atoms with Crippen molar-refractivity contribution in [2.75, 3.05) is 11.9 Å². The van der Waals surface area contributed by atoms with Crippen LogP contribution in [0.5, 0.6) is 5.75 Å². The van der Waals surface area contributed by atoms with Crippen LogP contribution in [0.15, 0.2) is 40.9 Å². The fourth-order valence-corrected chi connectivity index (χ4v) is 2.41. The fourth-order valence-electron chi connectivity index (χ4n) is 1.88. The van der Waals surface area contributed by atoms with Gasteiger partial charge in [-0.1, -0.05) is 33.6 Å². The lowest BCUT2D eigenvalue weighted by atomic mass is 10.1. The lowest BCUT2D eigenvalue weighted by Gasteiger charge is -2.12. The molecule has 3 nitrogen and oxygen atoms in total. The number of hydrogen-bond acceptors (Lipinski definition) is 2. The van der Waals surface area contributed by atoms with Gasteiger partial charge < -0.3 is 10.1 Å². The maximum Gasteiger partial charge on any atom is 0.259 e. The summed E-state index contributed by atoms with van der Waals surface area (Å²) in [6.45, 7) is 4.29.